The number of carbonyl (C=O) groups excluding carboxylic acids is 1. The summed E-state index contributed by atoms with van der Waals surface area (Å²) >= 11 is 0. The molecule has 3 heteroatoms. The molecule has 3 nitrogen and oxygen atoms in total. The zero-order valence-corrected chi connectivity index (χ0v) is 8.28. The summed E-state index contributed by atoms with van der Waals surface area (Å²) in [5, 5.41) is 9.01. The zero-order valence-electron chi connectivity index (χ0n) is 8.28. The standard InChI is InChI=1S/C12H9NO2/c1-15-12(14)10-6-8-4-2-3-5-9(8)11(10)7-13/h2-5H,6H2,1H3. The minimum absolute atomic E-state index is 0.414. The average Bonchev–Trinajstić information content (AvgIpc) is 2.66. The van der Waals surface area contributed by atoms with Gasteiger partial charge in [0.25, 0.3) is 0 Å². The molecule has 1 aliphatic rings. The molecule has 0 saturated carbocycles. The molecule has 0 heterocycles. The Labute approximate surface area is 87.6 Å². The van der Waals surface area contributed by atoms with Gasteiger partial charge in [0.15, 0.2) is 0 Å². The van der Waals surface area contributed by atoms with Crippen LogP contribution in [0, 0.1) is 11.3 Å². The van der Waals surface area contributed by atoms with Crippen molar-refractivity contribution in [2.75, 3.05) is 7.11 Å². The highest BCUT2D eigenvalue weighted by Crippen LogP contribution is 2.32. The van der Waals surface area contributed by atoms with Gasteiger partial charge in [-0.1, -0.05) is 24.3 Å². The van der Waals surface area contributed by atoms with E-state index >= 15 is 0 Å². The first-order valence-electron chi connectivity index (χ1n) is 4.57. The molecule has 2 rings (SSSR count). The Morgan fingerprint density at radius 2 is 2.20 bits per heavy atom. The van der Waals surface area contributed by atoms with Crippen LogP contribution in [0.4, 0.5) is 0 Å². The molecular weight excluding hydrogens is 190 g/mol. The summed E-state index contributed by atoms with van der Waals surface area (Å²) < 4.78 is 4.65. The van der Waals surface area contributed by atoms with Crippen LogP contribution >= 0.6 is 0 Å². The number of methoxy groups -OCH3 is 1. The van der Waals surface area contributed by atoms with Crippen molar-refractivity contribution in [3.8, 4) is 6.07 Å². The van der Waals surface area contributed by atoms with E-state index in [0.717, 1.165) is 11.1 Å². The Kier molecular flexibility index (Phi) is 2.26. The van der Waals surface area contributed by atoms with Gasteiger partial charge in [-0.05, 0) is 11.1 Å². The number of hydrogen-bond acceptors (Lipinski definition) is 3. The lowest BCUT2D eigenvalue weighted by atomic mass is 10.1. The van der Waals surface area contributed by atoms with Crippen LogP contribution in [-0.4, -0.2) is 13.1 Å². The predicted octanol–water partition coefficient (Wildman–Crippen LogP) is 1.69. The highest BCUT2D eigenvalue weighted by atomic mass is 16.5. The van der Waals surface area contributed by atoms with Crippen LogP contribution in [0.5, 0.6) is 0 Å². The first-order chi connectivity index (χ1) is 7.27. The normalized spacial score (nSPS) is 13.3. The molecule has 0 amide bonds. The largest absolute Gasteiger partial charge is 0.466 e. The topological polar surface area (TPSA) is 50.1 Å². The molecule has 0 aromatic heterocycles. The molecule has 0 saturated heterocycles. The Balaban J connectivity index is 2.53. The van der Waals surface area contributed by atoms with Crippen molar-refractivity contribution in [1.82, 2.24) is 0 Å². The third-order valence-corrected chi connectivity index (χ3v) is 2.50. The summed E-state index contributed by atoms with van der Waals surface area (Å²) in [5.74, 6) is -0.414. The number of esters is 1. The van der Waals surface area contributed by atoms with E-state index in [4.69, 9.17) is 5.26 Å². The minimum atomic E-state index is -0.414. The maximum Gasteiger partial charge on any atom is 0.335 e. The van der Waals surface area contributed by atoms with Crippen molar-refractivity contribution in [3.63, 3.8) is 0 Å². The van der Waals surface area contributed by atoms with Crippen molar-refractivity contribution in [3.05, 3.63) is 41.0 Å². The third kappa shape index (κ3) is 1.40. The summed E-state index contributed by atoms with van der Waals surface area (Å²) in [7, 11) is 1.33. The number of ether oxygens (including phenoxy) is 1. The number of hydrogen-bond donors (Lipinski definition) is 0. The summed E-state index contributed by atoms with van der Waals surface area (Å²) in [6.45, 7) is 0. The molecule has 0 unspecified atom stereocenters. The SMILES string of the molecule is COC(=O)C1=C(C#N)c2ccccc2C1. The van der Waals surface area contributed by atoms with Crippen LogP contribution in [0.1, 0.15) is 11.1 Å². The second kappa shape index (κ2) is 3.58. The lowest BCUT2D eigenvalue weighted by molar-refractivity contribution is -0.136. The van der Waals surface area contributed by atoms with E-state index < -0.39 is 5.97 Å². The highest BCUT2D eigenvalue weighted by molar-refractivity contribution is 6.04. The van der Waals surface area contributed by atoms with Crippen LogP contribution in [-0.2, 0) is 16.0 Å². The number of nitriles is 1. The molecule has 1 aliphatic carbocycles. The lowest BCUT2D eigenvalue weighted by Gasteiger charge is -1.98. The average molecular weight is 199 g/mol. The molecular formula is C12H9NO2. The summed E-state index contributed by atoms with van der Waals surface area (Å²) in [5.41, 5.74) is 2.76. The Bertz CT molecular complexity index is 495. The molecule has 0 N–H and O–H groups in total. The number of allylic oxidation sites excluding steroid dienone is 1. The van der Waals surface area contributed by atoms with Crippen molar-refractivity contribution in [1.29, 1.82) is 5.26 Å². The Morgan fingerprint density at radius 3 is 2.87 bits per heavy atom. The van der Waals surface area contributed by atoms with Crippen molar-refractivity contribution in [2.45, 2.75) is 6.42 Å². The molecule has 0 radical (unpaired) electrons. The molecule has 74 valence electrons. The molecule has 0 fully saturated rings. The zero-order chi connectivity index (χ0) is 10.8. The molecule has 0 bridgehead atoms. The second-order valence-electron chi connectivity index (χ2n) is 3.29. The van der Waals surface area contributed by atoms with Crippen molar-refractivity contribution < 1.29 is 9.53 Å². The number of rotatable bonds is 1. The molecule has 1 aromatic carbocycles. The Morgan fingerprint density at radius 1 is 1.47 bits per heavy atom. The van der Waals surface area contributed by atoms with Gasteiger partial charge in [0.2, 0.25) is 0 Å². The van der Waals surface area contributed by atoms with E-state index in [1.165, 1.54) is 7.11 Å². The van der Waals surface area contributed by atoms with Crippen LogP contribution in [0.25, 0.3) is 5.57 Å². The molecule has 0 atom stereocenters. The van der Waals surface area contributed by atoms with Gasteiger partial charge in [0, 0.05) is 6.42 Å². The van der Waals surface area contributed by atoms with Crippen LogP contribution < -0.4 is 0 Å². The van der Waals surface area contributed by atoms with Crippen molar-refractivity contribution >= 4 is 11.5 Å². The van der Waals surface area contributed by atoms with Gasteiger partial charge in [0.1, 0.15) is 6.07 Å². The van der Waals surface area contributed by atoms with E-state index in [1.54, 1.807) is 0 Å². The maximum absolute atomic E-state index is 11.4. The monoisotopic (exact) mass is 199 g/mol. The van der Waals surface area contributed by atoms with Crippen LogP contribution in [0.15, 0.2) is 29.8 Å². The van der Waals surface area contributed by atoms with Gasteiger partial charge in [0.05, 0.1) is 18.3 Å². The summed E-state index contributed by atoms with van der Waals surface area (Å²) in [6, 6.07) is 9.59. The summed E-state index contributed by atoms with van der Waals surface area (Å²) in [4.78, 5) is 11.4. The van der Waals surface area contributed by atoms with Gasteiger partial charge in [-0.3, -0.25) is 0 Å². The van der Waals surface area contributed by atoms with Gasteiger partial charge >= 0.3 is 5.97 Å². The van der Waals surface area contributed by atoms with Gasteiger partial charge in [-0.25, -0.2) is 4.79 Å². The maximum atomic E-state index is 11.4. The smallest absolute Gasteiger partial charge is 0.335 e. The van der Waals surface area contributed by atoms with Crippen LogP contribution in [0.2, 0.25) is 0 Å². The van der Waals surface area contributed by atoms with Gasteiger partial charge in [-0.15, -0.1) is 0 Å². The fourth-order valence-corrected chi connectivity index (χ4v) is 1.78. The van der Waals surface area contributed by atoms with E-state index in [2.05, 4.69) is 10.8 Å². The lowest BCUT2D eigenvalue weighted by Crippen LogP contribution is -2.05. The fourth-order valence-electron chi connectivity index (χ4n) is 1.78. The highest BCUT2D eigenvalue weighted by Gasteiger charge is 2.26. The number of fused-ring (bicyclic) bond motifs is 1. The van der Waals surface area contributed by atoms with E-state index in [-0.39, 0.29) is 0 Å². The molecule has 0 aliphatic heterocycles. The van der Waals surface area contributed by atoms with E-state index in [9.17, 15) is 4.79 Å². The van der Waals surface area contributed by atoms with E-state index in [1.807, 2.05) is 24.3 Å². The van der Waals surface area contributed by atoms with Gasteiger partial charge < -0.3 is 4.74 Å². The number of carbonyl (C=O) groups is 1. The molecule has 1 aromatic rings. The Hall–Kier alpha value is -2.08. The number of nitrogens with zero attached hydrogens (tertiary/aromatic N) is 1. The fraction of sp³-hybridized carbons (Fsp3) is 0.167. The molecule has 0 spiro atoms. The second-order valence-corrected chi connectivity index (χ2v) is 3.29. The minimum Gasteiger partial charge on any atom is -0.466 e. The third-order valence-electron chi connectivity index (χ3n) is 2.50. The van der Waals surface area contributed by atoms with E-state index in [0.29, 0.717) is 17.6 Å². The molecule has 15 heavy (non-hydrogen) atoms. The van der Waals surface area contributed by atoms with Crippen LogP contribution in [0.3, 0.4) is 0 Å². The first kappa shape index (κ1) is 9.47. The first-order valence-corrected chi connectivity index (χ1v) is 4.57. The van der Waals surface area contributed by atoms with Crippen molar-refractivity contribution in [2.24, 2.45) is 0 Å². The predicted molar refractivity (Wildman–Crippen MR) is 54.7 cm³/mol. The van der Waals surface area contributed by atoms with Gasteiger partial charge in [-0.2, -0.15) is 5.26 Å². The summed E-state index contributed by atoms with van der Waals surface area (Å²) in [6.07, 6.45) is 0.492. The quantitative estimate of drug-likeness (QED) is 0.647. The number of benzene rings is 1.